The van der Waals surface area contributed by atoms with Gasteiger partial charge in [0.05, 0.1) is 12.7 Å². The fourth-order valence-electron chi connectivity index (χ4n) is 1.01. The Morgan fingerprint density at radius 1 is 0.647 bits per heavy atom. The third kappa shape index (κ3) is 15.8. The number of rotatable bonds is 9. The van der Waals surface area contributed by atoms with E-state index in [1.165, 1.54) is 0 Å². The topological polar surface area (TPSA) is 121 Å². The van der Waals surface area contributed by atoms with Crippen molar-refractivity contribution >= 4 is 0 Å². The van der Waals surface area contributed by atoms with E-state index >= 15 is 0 Å². The highest BCUT2D eigenvalue weighted by molar-refractivity contribution is 4.52. The summed E-state index contributed by atoms with van der Waals surface area (Å²) in [7, 11) is 0. The van der Waals surface area contributed by atoms with Crippen molar-refractivity contribution in [1.82, 2.24) is 0 Å². The van der Waals surface area contributed by atoms with Crippen molar-refractivity contribution in [2.45, 2.75) is 31.8 Å². The monoisotopic (exact) mass is 254 g/mol. The summed E-state index contributed by atoms with van der Waals surface area (Å²) < 4.78 is 0. The van der Waals surface area contributed by atoms with Gasteiger partial charge in [0, 0.05) is 32.3 Å². The van der Waals surface area contributed by atoms with Gasteiger partial charge in [-0.3, -0.25) is 0 Å². The van der Waals surface area contributed by atoms with Gasteiger partial charge < -0.3 is 30.6 Å². The Hall–Kier alpha value is -0.240. The maximum atomic E-state index is 8.75. The summed E-state index contributed by atoms with van der Waals surface area (Å²) >= 11 is 0. The second kappa shape index (κ2) is 15.8. The molecule has 1 atom stereocenters. The van der Waals surface area contributed by atoms with Crippen LogP contribution in [-0.4, -0.2) is 69.8 Å². The predicted octanol–water partition coefficient (Wildman–Crippen LogP) is -1.53. The zero-order valence-electron chi connectivity index (χ0n) is 10.2. The van der Waals surface area contributed by atoms with Crippen LogP contribution in [0.4, 0.5) is 0 Å². The average Bonchev–Trinajstić information content (AvgIpc) is 2.36. The van der Waals surface area contributed by atoms with Gasteiger partial charge in [0.2, 0.25) is 0 Å². The highest BCUT2D eigenvalue weighted by Crippen LogP contribution is 1.98. The Balaban J connectivity index is 0. The van der Waals surface area contributed by atoms with E-state index in [-0.39, 0.29) is 39.0 Å². The number of aliphatic hydroxyl groups excluding tert-OH is 6. The van der Waals surface area contributed by atoms with Gasteiger partial charge in [-0.25, -0.2) is 0 Å². The van der Waals surface area contributed by atoms with Crippen LogP contribution in [0.25, 0.3) is 0 Å². The summed E-state index contributed by atoms with van der Waals surface area (Å²) in [4.78, 5) is 0. The largest absolute Gasteiger partial charge is 0.396 e. The molecule has 6 nitrogen and oxygen atoms in total. The highest BCUT2D eigenvalue weighted by atomic mass is 16.3. The standard InChI is InChI=1S/C6H14O3.C5H12O3/c7-4-2-1-3-6(9)5-8;6-2-1-5(3-7)4-8/h6-9H,1-5H2;5-8H,1-4H2. The summed E-state index contributed by atoms with van der Waals surface area (Å²) in [5, 5.41) is 50.4. The molecule has 17 heavy (non-hydrogen) atoms. The van der Waals surface area contributed by atoms with Crippen molar-refractivity contribution in [3.63, 3.8) is 0 Å². The van der Waals surface area contributed by atoms with Crippen molar-refractivity contribution in [3.8, 4) is 0 Å². The molecule has 0 spiro atoms. The van der Waals surface area contributed by atoms with E-state index in [2.05, 4.69) is 0 Å². The summed E-state index contributed by atoms with van der Waals surface area (Å²) in [6.45, 7) is -0.0660. The molecule has 0 aromatic carbocycles. The molecule has 0 aromatic rings. The lowest BCUT2D eigenvalue weighted by Gasteiger charge is -2.06. The van der Waals surface area contributed by atoms with Crippen LogP contribution in [0.5, 0.6) is 0 Å². The van der Waals surface area contributed by atoms with Crippen molar-refractivity contribution in [3.05, 3.63) is 0 Å². The molecular weight excluding hydrogens is 228 g/mol. The molecule has 0 saturated carbocycles. The fourth-order valence-corrected chi connectivity index (χ4v) is 1.01. The Morgan fingerprint density at radius 3 is 1.53 bits per heavy atom. The third-order valence-electron chi connectivity index (χ3n) is 2.21. The number of unbranched alkanes of at least 4 members (excludes halogenated alkanes) is 1. The number of aliphatic hydroxyl groups is 6. The van der Waals surface area contributed by atoms with Gasteiger partial charge >= 0.3 is 0 Å². The molecule has 0 rings (SSSR count). The number of hydrogen-bond acceptors (Lipinski definition) is 6. The molecule has 0 amide bonds. The fraction of sp³-hybridized carbons (Fsp3) is 1.00. The van der Waals surface area contributed by atoms with Gasteiger partial charge in [-0.05, 0) is 25.7 Å². The molecule has 0 fully saturated rings. The van der Waals surface area contributed by atoms with Crippen molar-refractivity contribution in [2.24, 2.45) is 5.92 Å². The van der Waals surface area contributed by atoms with Crippen LogP contribution >= 0.6 is 0 Å². The quantitative estimate of drug-likeness (QED) is 0.278. The zero-order chi connectivity index (χ0) is 13.5. The van der Waals surface area contributed by atoms with Gasteiger partial charge in [0.25, 0.3) is 0 Å². The van der Waals surface area contributed by atoms with Gasteiger partial charge in [0.1, 0.15) is 0 Å². The van der Waals surface area contributed by atoms with E-state index < -0.39 is 6.10 Å². The Bertz CT molecular complexity index is 129. The first kappa shape index (κ1) is 19.1. The van der Waals surface area contributed by atoms with E-state index in [4.69, 9.17) is 30.6 Å². The molecule has 6 N–H and O–H groups in total. The zero-order valence-corrected chi connectivity index (χ0v) is 10.2. The van der Waals surface area contributed by atoms with Crippen LogP contribution in [0.3, 0.4) is 0 Å². The Kier molecular flexibility index (Phi) is 17.7. The molecule has 0 aliphatic rings. The molecule has 0 aromatic heterocycles. The predicted molar refractivity (Wildman–Crippen MR) is 63.4 cm³/mol. The van der Waals surface area contributed by atoms with Crippen LogP contribution in [0.15, 0.2) is 0 Å². The number of hydrogen-bond donors (Lipinski definition) is 6. The van der Waals surface area contributed by atoms with E-state index in [0.717, 1.165) is 6.42 Å². The molecule has 6 heteroatoms. The van der Waals surface area contributed by atoms with Crippen LogP contribution in [-0.2, 0) is 0 Å². The SMILES string of the molecule is OCCC(CO)CO.OCCCCC(O)CO. The molecular formula is C11H26O6. The summed E-state index contributed by atoms with van der Waals surface area (Å²) in [6.07, 6.45) is 1.94. The first-order chi connectivity index (χ1) is 8.15. The first-order valence-corrected chi connectivity index (χ1v) is 5.88. The summed E-state index contributed by atoms with van der Waals surface area (Å²) in [5.41, 5.74) is 0. The molecule has 106 valence electrons. The van der Waals surface area contributed by atoms with Crippen molar-refractivity contribution in [2.75, 3.05) is 33.0 Å². The van der Waals surface area contributed by atoms with Crippen molar-refractivity contribution < 1.29 is 30.6 Å². The molecule has 0 radical (unpaired) electrons. The van der Waals surface area contributed by atoms with E-state index in [1.54, 1.807) is 0 Å². The van der Waals surface area contributed by atoms with E-state index in [9.17, 15) is 0 Å². The normalized spacial score (nSPS) is 12.2. The molecule has 0 aliphatic carbocycles. The smallest absolute Gasteiger partial charge is 0.0771 e. The molecule has 0 saturated heterocycles. The minimum Gasteiger partial charge on any atom is -0.396 e. The van der Waals surface area contributed by atoms with Crippen molar-refractivity contribution in [1.29, 1.82) is 0 Å². The Morgan fingerprint density at radius 2 is 1.24 bits per heavy atom. The summed E-state index contributed by atoms with van der Waals surface area (Å²) in [5.74, 6) is -0.139. The van der Waals surface area contributed by atoms with E-state index in [1.807, 2.05) is 0 Å². The van der Waals surface area contributed by atoms with Crippen LogP contribution in [0.2, 0.25) is 0 Å². The maximum Gasteiger partial charge on any atom is 0.0771 e. The first-order valence-electron chi connectivity index (χ1n) is 5.88. The molecule has 0 heterocycles. The van der Waals surface area contributed by atoms with Gasteiger partial charge in [0.15, 0.2) is 0 Å². The third-order valence-corrected chi connectivity index (χ3v) is 2.21. The Labute approximate surface area is 102 Å². The van der Waals surface area contributed by atoms with Gasteiger partial charge in [-0.15, -0.1) is 0 Å². The second-order valence-electron chi connectivity index (χ2n) is 3.80. The summed E-state index contributed by atoms with van der Waals surface area (Å²) in [6, 6.07) is 0. The van der Waals surface area contributed by atoms with Crippen LogP contribution < -0.4 is 0 Å². The van der Waals surface area contributed by atoms with Crippen LogP contribution in [0, 0.1) is 5.92 Å². The molecule has 0 bridgehead atoms. The second-order valence-corrected chi connectivity index (χ2v) is 3.80. The molecule has 1 unspecified atom stereocenters. The molecule has 0 aliphatic heterocycles. The van der Waals surface area contributed by atoms with E-state index in [0.29, 0.717) is 19.3 Å². The maximum absolute atomic E-state index is 8.75. The lowest BCUT2D eigenvalue weighted by Crippen LogP contribution is -2.12. The lowest BCUT2D eigenvalue weighted by atomic mass is 10.1. The van der Waals surface area contributed by atoms with Gasteiger partial charge in [-0.1, -0.05) is 0 Å². The minimum absolute atomic E-state index is 0.0335. The van der Waals surface area contributed by atoms with Gasteiger partial charge in [-0.2, -0.15) is 0 Å². The lowest BCUT2D eigenvalue weighted by molar-refractivity contribution is 0.0848. The average molecular weight is 254 g/mol. The minimum atomic E-state index is -0.600. The highest BCUT2D eigenvalue weighted by Gasteiger charge is 2.02. The van der Waals surface area contributed by atoms with Crippen LogP contribution in [0.1, 0.15) is 25.7 Å².